The number of aromatic amines is 1. The number of aryl methyl sites for hydroxylation is 2. The van der Waals surface area contributed by atoms with Crippen molar-refractivity contribution in [1.29, 1.82) is 0 Å². The van der Waals surface area contributed by atoms with E-state index in [4.69, 9.17) is 17.0 Å². The van der Waals surface area contributed by atoms with Crippen molar-refractivity contribution in [3.05, 3.63) is 75.1 Å². The number of thiocarbonyl (C=S) groups is 1. The third kappa shape index (κ3) is 5.64. The lowest BCUT2D eigenvalue weighted by molar-refractivity contribution is 0.389. The Hall–Kier alpha value is -2.86. The van der Waals surface area contributed by atoms with E-state index in [9.17, 15) is 4.79 Å². The zero-order valence-corrected chi connectivity index (χ0v) is 19.7. The standard InChI is InChI=1S/C25H31N3O2S/c1-6-18(4)26-25(31)28(14-19-7-9-21(30-5)10-8-19)15-20-13-22-17(3)11-16(2)12-23(22)27-24(20)29/h7-13,18H,6,14-15H2,1-5H3,(H,26,31)(H,27,29)/t18-/m0/s1. The van der Waals surface area contributed by atoms with Crippen LogP contribution < -0.4 is 15.6 Å². The fourth-order valence-corrected chi connectivity index (χ4v) is 3.92. The molecule has 0 saturated carbocycles. The Balaban J connectivity index is 1.94. The van der Waals surface area contributed by atoms with E-state index in [1.54, 1.807) is 7.11 Å². The maximum atomic E-state index is 12.9. The second kappa shape index (κ2) is 9.96. The molecule has 0 saturated heterocycles. The first-order valence-electron chi connectivity index (χ1n) is 10.6. The molecule has 0 aliphatic carbocycles. The van der Waals surface area contributed by atoms with Gasteiger partial charge in [0.25, 0.3) is 5.56 Å². The van der Waals surface area contributed by atoms with Crippen LogP contribution in [0.1, 0.15) is 42.5 Å². The average Bonchev–Trinajstić information content (AvgIpc) is 2.74. The van der Waals surface area contributed by atoms with Crippen LogP contribution in [0, 0.1) is 13.8 Å². The van der Waals surface area contributed by atoms with E-state index >= 15 is 0 Å². The Morgan fingerprint density at radius 3 is 2.52 bits per heavy atom. The summed E-state index contributed by atoms with van der Waals surface area (Å²) in [4.78, 5) is 18.0. The van der Waals surface area contributed by atoms with Crippen molar-refractivity contribution in [1.82, 2.24) is 15.2 Å². The van der Waals surface area contributed by atoms with Gasteiger partial charge in [-0.25, -0.2) is 0 Å². The topological polar surface area (TPSA) is 57.4 Å². The fraction of sp³-hybridized carbons (Fsp3) is 0.360. The van der Waals surface area contributed by atoms with E-state index in [1.165, 1.54) is 0 Å². The van der Waals surface area contributed by atoms with E-state index in [-0.39, 0.29) is 11.6 Å². The molecule has 0 spiro atoms. The van der Waals surface area contributed by atoms with E-state index in [2.05, 4.69) is 37.1 Å². The predicted octanol–water partition coefficient (Wildman–Crippen LogP) is 4.83. The van der Waals surface area contributed by atoms with Gasteiger partial charge in [0.1, 0.15) is 5.75 Å². The second-order valence-electron chi connectivity index (χ2n) is 8.13. The predicted molar refractivity (Wildman–Crippen MR) is 132 cm³/mol. The van der Waals surface area contributed by atoms with Crippen LogP contribution in [-0.4, -0.2) is 28.1 Å². The Kier molecular flexibility index (Phi) is 7.33. The molecule has 6 heteroatoms. The highest BCUT2D eigenvalue weighted by Gasteiger charge is 2.16. The van der Waals surface area contributed by atoms with Crippen molar-refractivity contribution in [3.8, 4) is 5.75 Å². The van der Waals surface area contributed by atoms with Crippen molar-refractivity contribution >= 4 is 28.2 Å². The molecule has 1 aromatic heterocycles. The Bertz CT molecular complexity index is 1120. The largest absolute Gasteiger partial charge is 0.497 e. The first-order chi connectivity index (χ1) is 14.8. The smallest absolute Gasteiger partial charge is 0.253 e. The number of hydrogen-bond acceptors (Lipinski definition) is 3. The summed E-state index contributed by atoms with van der Waals surface area (Å²) >= 11 is 5.72. The lowest BCUT2D eigenvalue weighted by Gasteiger charge is -2.28. The van der Waals surface area contributed by atoms with Crippen LogP contribution >= 0.6 is 12.2 Å². The molecule has 1 heterocycles. The number of pyridine rings is 1. The number of fused-ring (bicyclic) bond motifs is 1. The van der Waals surface area contributed by atoms with Crippen molar-refractivity contribution in [2.24, 2.45) is 0 Å². The quantitative estimate of drug-likeness (QED) is 0.519. The van der Waals surface area contributed by atoms with Crippen molar-refractivity contribution in [2.45, 2.75) is 53.2 Å². The van der Waals surface area contributed by atoms with Gasteiger partial charge >= 0.3 is 0 Å². The number of H-pyrrole nitrogens is 1. The minimum absolute atomic E-state index is 0.0800. The van der Waals surface area contributed by atoms with E-state index in [0.29, 0.717) is 23.8 Å². The number of aromatic nitrogens is 1. The Morgan fingerprint density at radius 1 is 1.16 bits per heavy atom. The zero-order valence-electron chi connectivity index (χ0n) is 18.9. The summed E-state index contributed by atoms with van der Waals surface area (Å²) < 4.78 is 5.26. The molecule has 0 radical (unpaired) electrons. The van der Waals surface area contributed by atoms with Crippen molar-refractivity contribution < 1.29 is 4.74 Å². The normalized spacial score (nSPS) is 11.9. The van der Waals surface area contributed by atoms with E-state index in [0.717, 1.165) is 39.8 Å². The molecule has 2 N–H and O–H groups in total. The minimum atomic E-state index is -0.0800. The van der Waals surface area contributed by atoms with Gasteiger partial charge in [0.2, 0.25) is 0 Å². The number of rotatable bonds is 7. The molecular weight excluding hydrogens is 406 g/mol. The number of nitrogens with one attached hydrogen (secondary N) is 2. The van der Waals surface area contributed by atoms with Crippen molar-refractivity contribution in [2.75, 3.05) is 7.11 Å². The maximum absolute atomic E-state index is 12.9. The maximum Gasteiger partial charge on any atom is 0.253 e. The van der Waals surface area contributed by atoms with Gasteiger partial charge in [-0.3, -0.25) is 4.79 Å². The van der Waals surface area contributed by atoms with Gasteiger partial charge in [-0.15, -0.1) is 0 Å². The Morgan fingerprint density at radius 2 is 1.87 bits per heavy atom. The first-order valence-corrected chi connectivity index (χ1v) is 11.0. The van der Waals surface area contributed by atoms with Crippen LogP contribution in [0.4, 0.5) is 0 Å². The van der Waals surface area contributed by atoms with Gasteiger partial charge < -0.3 is 19.9 Å². The summed E-state index contributed by atoms with van der Waals surface area (Å²) in [7, 11) is 1.65. The number of ether oxygens (including phenoxy) is 1. The van der Waals surface area contributed by atoms with Gasteiger partial charge in [-0.05, 0) is 80.4 Å². The van der Waals surface area contributed by atoms with Gasteiger partial charge in [0.05, 0.1) is 13.7 Å². The Labute approximate surface area is 189 Å². The first kappa shape index (κ1) is 22.8. The van der Waals surface area contributed by atoms with Crippen LogP contribution in [0.3, 0.4) is 0 Å². The van der Waals surface area contributed by atoms with Crippen LogP contribution in [-0.2, 0) is 13.1 Å². The third-order valence-electron chi connectivity index (χ3n) is 5.55. The molecule has 0 unspecified atom stereocenters. The molecule has 0 amide bonds. The number of nitrogens with zero attached hydrogens (tertiary/aromatic N) is 1. The highest BCUT2D eigenvalue weighted by atomic mass is 32.1. The summed E-state index contributed by atoms with van der Waals surface area (Å²) in [5.41, 5.74) is 4.86. The summed E-state index contributed by atoms with van der Waals surface area (Å²) in [5, 5.41) is 5.09. The molecular formula is C25H31N3O2S. The van der Waals surface area contributed by atoms with Gasteiger partial charge in [0, 0.05) is 29.1 Å². The van der Waals surface area contributed by atoms with Gasteiger partial charge in [0.15, 0.2) is 5.11 Å². The molecule has 31 heavy (non-hydrogen) atoms. The number of methoxy groups -OCH3 is 1. The molecule has 2 aromatic carbocycles. The monoisotopic (exact) mass is 437 g/mol. The van der Waals surface area contributed by atoms with Crippen LogP contribution in [0.5, 0.6) is 5.75 Å². The van der Waals surface area contributed by atoms with Gasteiger partial charge in [-0.2, -0.15) is 0 Å². The number of hydrogen-bond donors (Lipinski definition) is 2. The highest BCUT2D eigenvalue weighted by molar-refractivity contribution is 7.80. The van der Waals surface area contributed by atoms with Crippen LogP contribution in [0.2, 0.25) is 0 Å². The molecule has 0 fully saturated rings. The summed E-state index contributed by atoms with van der Waals surface area (Å²) in [6.45, 7) is 9.35. The summed E-state index contributed by atoms with van der Waals surface area (Å²) in [5.74, 6) is 0.812. The zero-order chi connectivity index (χ0) is 22.5. The molecule has 3 rings (SSSR count). The summed E-state index contributed by atoms with van der Waals surface area (Å²) in [6.07, 6.45) is 0.964. The molecule has 5 nitrogen and oxygen atoms in total. The SMILES string of the molecule is CC[C@H](C)NC(=S)N(Cc1ccc(OC)cc1)Cc1cc2c(C)cc(C)cc2[nH]c1=O. The molecule has 164 valence electrons. The average molecular weight is 438 g/mol. The molecule has 0 aliphatic rings. The van der Waals surface area contributed by atoms with Gasteiger partial charge in [-0.1, -0.05) is 25.1 Å². The molecule has 0 bridgehead atoms. The minimum Gasteiger partial charge on any atom is -0.497 e. The molecule has 1 atom stereocenters. The third-order valence-corrected chi connectivity index (χ3v) is 5.93. The highest BCUT2D eigenvalue weighted by Crippen LogP contribution is 2.20. The second-order valence-corrected chi connectivity index (χ2v) is 8.52. The van der Waals surface area contributed by atoms with Crippen LogP contribution in [0.25, 0.3) is 10.9 Å². The lowest BCUT2D eigenvalue weighted by Crippen LogP contribution is -2.43. The number of benzene rings is 2. The van der Waals surface area contributed by atoms with Crippen molar-refractivity contribution in [3.63, 3.8) is 0 Å². The summed E-state index contributed by atoms with van der Waals surface area (Å²) in [6, 6.07) is 14.3. The van der Waals surface area contributed by atoms with E-state index < -0.39 is 0 Å². The molecule has 0 aliphatic heterocycles. The van der Waals surface area contributed by atoms with Crippen LogP contribution in [0.15, 0.2) is 47.3 Å². The molecule has 3 aromatic rings. The fourth-order valence-electron chi connectivity index (χ4n) is 3.59. The lowest BCUT2D eigenvalue weighted by atomic mass is 10.0. The van der Waals surface area contributed by atoms with E-state index in [1.807, 2.05) is 48.2 Å².